The van der Waals surface area contributed by atoms with Crippen LogP contribution in [0.2, 0.25) is 0 Å². The predicted molar refractivity (Wildman–Crippen MR) is 127 cm³/mol. The van der Waals surface area contributed by atoms with Gasteiger partial charge in [0.2, 0.25) is 0 Å². The SMILES string of the molecule is CCn1cc(CN2CCCC(c3nc4ccc(-c5cccc(F)c5)cn4n3)C2)cn1.O=C(O)C(F)(F)F. The van der Waals surface area contributed by atoms with Crippen molar-refractivity contribution in [3.05, 3.63) is 72.2 Å². The van der Waals surface area contributed by atoms with E-state index in [2.05, 4.69) is 23.1 Å². The summed E-state index contributed by atoms with van der Waals surface area (Å²) in [6, 6.07) is 10.6. The Morgan fingerprint density at radius 2 is 1.95 bits per heavy atom. The number of likely N-dealkylation sites (tertiary alicyclic amines) is 1. The lowest BCUT2D eigenvalue weighted by atomic mass is 9.97. The second kappa shape index (κ2) is 11.1. The van der Waals surface area contributed by atoms with Crippen molar-refractivity contribution in [1.82, 2.24) is 29.3 Å². The average molecular weight is 519 g/mol. The number of hydrogen-bond donors (Lipinski definition) is 1. The number of halogens is 4. The highest BCUT2D eigenvalue weighted by Gasteiger charge is 2.38. The minimum absolute atomic E-state index is 0.237. The molecule has 1 fully saturated rings. The first-order valence-corrected chi connectivity index (χ1v) is 11.8. The van der Waals surface area contributed by atoms with Gasteiger partial charge in [0, 0.05) is 49.1 Å². The summed E-state index contributed by atoms with van der Waals surface area (Å²) in [5, 5.41) is 16.3. The van der Waals surface area contributed by atoms with Gasteiger partial charge in [0.1, 0.15) is 5.82 Å². The van der Waals surface area contributed by atoms with Crippen LogP contribution in [0.15, 0.2) is 55.0 Å². The summed E-state index contributed by atoms with van der Waals surface area (Å²) in [5.41, 5.74) is 3.84. The van der Waals surface area contributed by atoms with Crippen molar-refractivity contribution in [1.29, 1.82) is 0 Å². The highest BCUT2D eigenvalue weighted by Crippen LogP contribution is 2.27. The van der Waals surface area contributed by atoms with E-state index in [1.807, 2.05) is 39.8 Å². The molecule has 0 amide bonds. The van der Waals surface area contributed by atoms with Gasteiger partial charge in [-0.2, -0.15) is 23.4 Å². The van der Waals surface area contributed by atoms with Crippen LogP contribution in [-0.2, 0) is 17.9 Å². The molecule has 0 aliphatic carbocycles. The minimum atomic E-state index is -5.08. The van der Waals surface area contributed by atoms with Crippen molar-refractivity contribution < 1.29 is 27.5 Å². The Morgan fingerprint density at radius 3 is 2.62 bits per heavy atom. The van der Waals surface area contributed by atoms with Gasteiger partial charge >= 0.3 is 12.1 Å². The van der Waals surface area contributed by atoms with Crippen molar-refractivity contribution in [2.75, 3.05) is 13.1 Å². The molecule has 0 radical (unpaired) electrons. The van der Waals surface area contributed by atoms with Crippen molar-refractivity contribution >= 4 is 11.6 Å². The molecule has 1 aliphatic rings. The van der Waals surface area contributed by atoms with Gasteiger partial charge in [-0.25, -0.2) is 18.7 Å². The van der Waals surface area contributed by atoms with Crippen LogP contribution in [0.25, 0.3) is 16.8 Å². The summed E-state index contributed by atoms with van der Waals surface area (Å²) in [6.45, 7) is 5.94. The maximum atomic E-state index is 13.6. The van der Waals surface area contributed by atoms with E-state index < -0.39 is 12.1 Å². The maximum absolute atomic E-state index is 13.6. The largest absolute Gasteiger partial charge is 0.490 e. The molecule has 8 nitrogen and oxygen atoms in total. The number of aryl methyl sites for hydroxylation is 1. The van der Waals surface area contributed by atoms with E-state index >= 15 is 0 Å². The first-order valence-electron chi connectivity index (χ1n) is 11.8. The highest BCUT2D eigenvalue weighted by molar-refractivity contribution is 5.73. The number of nitrogens with zero attached hydrogens (tertiary/aromatic N) is 6. The quantitative estimate of drug-likeness (QED) is 0.383. The smallest absolute Gasteiger partial charge is 0.475 e. The molecule has 0 spiro atoms. The second-order valence-corrected chi connectivity index (χ2v) is 8.78. The number of aliphatic carboxylic acids is 1. The van der Waals surface area contributed by atoms with Crippen molar-refractivity contribution in [3.63, 3.8) is 0 Å². The molecule has 0 bridgehead atoms. The van der Waals surface area contributed by atoms with E-state index in [9.17, 15) is 17.6 Å². The zero-order chi connectivity index (χ0) is 26.6. The first kappa shape index (κ1) is 26.3. The van der Waals surface area contributed by atoms with Crippen LogP contribution in [-0.4, -0.2) is 59.6 Å². The van der Waals surface area contributed by atoms with Crippen molar-refractivity contribution in [3.8, 4) is 11.1 Å². The molecule has 0 saturated carbocycles. The van der Waals surface area contributed by atoms with Gasteiger partial charge in [-0.3, -0.25) is 9.58 Å². The second-order valence-electron chi connectivity index (χ2n) is 8.78. The number of hydrogen-bond acceptors (Lipinski definition) is 5. The van der Waals surface area contributed by atoms with E-state index in [4.69, 9.17) is 20.0 Å². The Bertz CT molecular complexity index is 1370. The third-order valence-electron chi connectivity index (χ3n) is 6.04. The molecule has 1 N–H and O–H groups in total. The Morgan fingerprint density at radius 1 is 1.16 bits per heavy atom. The topological polar surface area (TPSA) is 88.5 Å². The lowest BCUT2D eigenvalue weighted by Crippen LogP contribution is -2.34. The van der Waals surface area contributed by atoms with Gasteiger partial charge in [-0.05, 0) is 56.1 Å². The number of carboxylic acid groups (broad SMARTS) is 1. The molecular formula is C25H26F4N6O2. The summed E-state index contributed by atoms with van der Waals surface area (Å²) < 4.78 is 49.1. The van der Waals surface area contributed by atoms with E-state index in [-0.39, 0.29) is 5.82 Å². The molecule has 1 unspecified atom stereocenters. The van der Waals surface area contributed by atoms with Gasteiger partial charge in [0.15, 0.2) is 11.5 Å². The summed E-state index contributed by atoms with van der Waals surface area (Å²) >= 11 is 0. The lowest BCUT2D eigenvalue weighted by Gasteiger charge is -2.30. The van der Waals surface area contributed by atoms with E-state index in [1.165, 1.54) is 11.6 Å². The van der Waals surface area contributed by atoms with Gasteiger partial charge in [0.25, 0.3) is 0 Å². The number of benzene rings is 1. The van der Waals surface area contributed by atoms with Crippen molar-refractivity contribution in [2.45, 2.75) is 44.9 Å². The fraction of sp³-hybridized carbons (Fsp3) is 0.360. The number of carbonyl (C=O) groups is 1. The molecule has 3 aromatic heterocycles. The van der Waals surface area contributed by atoms with Crippen molar-refractivity contribution in [2.24, 2.45) is 0 Å². The number of rotatable bonds is 5. The van der Waals surface area contributed by atoms with Crippen LogP contribution in [0.1, 0.15) is 37.1 Å². The number of aromatic nitrogens is 5. The van der Waals surface area contributed by atoms with Crippen LogP contribution in [0.5, 0.6) is 0 Å². The standard InChI is InChI=1S/C23H25FN6.C2HF3O2/c1-2-29-14-17(12-25-29)13-28-10-4-6-20(15-28)23-26-22-9-8-19(16-30(22)27-23)18-5-3-7-21(24)11-18;3-2(4,5)1(6)7/h3,5,7-9,11-12,14,16,20H,2,4,6,10,13,15H2,1H3;(H,6,7). The number of piperidine rings is 1. The molecule has 1 saturated heterocycles. The molecule has 196 valence electrons. The molecule has 1 aromatic carbocycles. The molecular weight excluding hydrogens is 492 g/mol. The third kappa shape index (κ3) is 6.70. The molecule has 1 aliphatic heterocycles. The zero-order valence-electron chi connectivity index (χ0n) is 20.1. The van der Waals surface area contributed by atoms with E-state index in [0.29, 0.717) is 5.92 Å². The van der Waals surface area contributed by atoms with Crippen LogP contribution in [0.4, 0.5) is 17.6 Å². The highest BCUT2D eigenvalue weighted by atomic mass is 19.4. The van der Waals surface area contributed by atoms with E-state index in [0.717, 1.165) is 61.6 Å². The number of alkyl halides is 3. The van der Waals surface area contributed by atoms with Gasteiger partial charge in [-0.15, -0.1) is 0 Å². The number of fused-ring (bicyclic) bond motifs is 1. The molecule has 1 atom stereocenters. The van der Waals surface area contributed by atoms with Crippen LogP contribution in [0, 0.1) is 5.82 Å². The maximum Gasteiger partial charge on any atom is 0.490 e. The summed E-state index contributed by atoms with van der Waals surface area (Å²) in [7, 11) is 0. The summed E-state index contributed by atoms with van der Waals surface area (Å²) in [5.74, 6) is -1.79. The zero-order valence-corrected chi connectivity index (χ0v) is 20.1. The summed E-state index contributed by atoms with van der Waals surface area (Å²) in [4.78, 5) is 16.1. The average Bonchev–Trinajstić information content (AvgIpc) is 3.50. The number of pyridine rings is 1. The third-order valence-corrected chi connectivity index (χ3v) is 6.04. The Kier molecular flexibility index (Phi) is 7.86. The van der Waals surface area contributed by atoms with Gasteiger partial charge in [0.05, 0.1) is 6.20 Å². The molecule has 4 aromatic rings. The fourth-order valence-electron chi connectivity index (χ4n) is 4.24. The molecule has 5 rings (SSSR count). The van der Waals surface area contributed by atoms with Crippen LogP contribution in [0.3, 0.4) is 0 Å². The fourth-order valence-corrected chi connectivity index (χ4v) is 4.24. The molecule has 4 heterocycles. The van der Waals surface area contributed by atoms with Crippen LogP contribution >= 0.6 is 0 Å². The van der Waals surface area contributed by atoms with E-state index in [1.54, 1.807) is 12.1 Å². The summed E-state index contributed by atoms with van der Waals surface area (Å²) in [6.07, 6.45) is 3.17. The number of carboxylic acids is 1. The molecule has 12 heteroatoms. The lowest BCUT2D eigenvalue weighted by molar-refractivity contribution is -0.192. The normalized spacial score (nSPS) is 16.4. The Balaban J connectivity index is 0.000000405. The van der Waals surface area contributed by atoms with Crippen LogP contribution < -0.4 is 0 Å². The predicted octanol–water partition coefficient (Wildman–Crippen LogP) is 4.76. The monoisotopic (exact) mass is 518 g/mol. The van der Waals surface area contributed by atoms with Gasteiger partial charge < -0.3 is 5.11 Å². The molecule has 37 heavy (non-hydrogen) atoms. The van der Waals surface area contributed by atoms with Gasteiger partial charge in [-0.1, -0.05) is 12.1 Å². The Hall–Kier alpha value is -3.80. The minimum Gasteiger partial charge on any atom is -0.475 e. The Labute approximate surface area is 210 Å². The first-order chi connectivity index (χ1) is 17.6.